The Morgan fingerprint density at radius 3 is 2.17 bits per heavy atom. The monoisotopic (exact) mass is 334 g/mol. The van der Waals surface area contributed by atoms with E-state index in [0.717, 1.165) is 5.56 Å². The number of aliphatic hydroxyl groups excluding tert-OH is 1. The minimum absolute atomic E-state index is 0.286. The van der Waals surface area contributed by atoms with Crippen LogP contribution in [0.4, 0.5) is 4.39 Å². The molecule has 4 heteroatoms. The maximum absolute atomic E-state index is 14.8. The predicted octanol–water partition coefficient (Wildman–Crippen LogP) is 4.58. The molecule has 1 N–H and O–H groups in total. The molecule has 2 nitrogen and oxygen atoms in total. The molecular weight excluding hydrogens is 311 g/mol. The third kappa shape index (κ3) is 4.06. The Morgan fingerprint density at radius 2 is 1.61 bits per heavy atom. The van der Waals surface area contributed by atoms with E-state index in [4.69, 9.17) is 0 Å². The quantitative estimate of drug-likeness (QED) is 0.888. The number of benzene rings is 2. The molecule has 0 aliphatic carbocycles. The van der Waals surface area contributed by atoms with Gasteiger partial charge in [0.2, 0.25) is 0 Å². The van der Waals surface area contributed by atoms with Gasteiger partial charge in [-0.05, 0) is 30.5 Å². The summed E-state index contributed by atoms with van der Waals surface area (Å²) in [5.74, 6) is 0. The lowest BCUT2D eigenvalue weighted by molar-refractivity contribution is -0.00704. The SMILES string of the molecule is Cc1ccc(S(=O)c2ccccc2[C@H](F)[C@@H](O)C(C)(C)C)cc1. The van der Waals surface area contributed by atoms with E-state index >= 15 is 0 Å². The topological polar surface area (TPSA) is 37.3 Å². The molecular formula is C19H23FO2S. The smallest absolute Gasteiger partial charge is 0.153 e. The van der Waals surface area contributed by atoms with Crippen molar-refractivity contribution in [2.24, 2.45) is 5.41 Å². The van der Waals surface area contributed by atoms with Crippen LogP contribution in [0.1, 0.15) is 38.1 Å². The van der Waals surface area contributed by atoms with Crippen molar-refractivity contribution in [1.29, 1.82) is 0 Å². The molecule has 0 heterocycles. The van der Waals surface area contributed by atoms with Gasteiger partial charge in [-0.3, -0.25) is 0 Å². The third-order valence-corrected chi connectivity index (χ3v) is 5.29. The van der Waals surface area contributed by atoms with Gasteiger partial charge in [-0.25, -0.2) is 8.60 Å². The van der Waals surface area contributed by atoms with Crippen molar-refractivity contribution in [3.05, 3.63) is 59.7 Å². The van der Waals surface area contributed by atoms with Gasteiger partial charge in [0.05, 0.1) is 16.9 Å². The summed E-state index contributed by atoms with van der Waals surface area (Å²) in [6.45, 7) is 7.30. The van der Waals surface area contributed by atoms with Crippen molar-refractivity contribution >= 4 is 10.8 Å². The number of halogens is 1. The second-order valence-corrected chi connectivity index (χ2v) is 8.28. The van der Waals surface area contributed by atoms with Crippen LogP contribution in [0.2, 0.25) is 0 Å². The normalized spacial score (nSPS) is 15.9. The fourth-order valence-electron chi connectivity index (χ4n) is 2.28. The number of rotatable bonds is 4. The van der Waals surface area contributed by atoms with Crippen LogP contribution < -0.4 is 0 Å². The highest BCUT2D eigenvalue weighted by Gasteiger charge is 2.33. The van der Waals surface area contributed by atoms with E-state index in [1.165, 1.54) is 0 Å². The van der Waals surface area contributed by atoms with Gasteiger partial charge >= 0.3 is 0 Å². The minimum atomic E-state index is -1.58. The zero-order chi connectivity index (χ0) is 17.2. The van der Waals surface area contributed by atoms with Gasteiger partial charge in [-0.15, -0.1) is 0 Å². The van der Waals surface area contributed by atoms with E-state index in [9.17, 15) is 13.7 Å². The summed E-state index contributed by atoms with van der Waals surface area (Å²) in [5.41, 5.74) is 0.761. The van der Waals surface area contributed by atoms with E-state index < -0.39 is 28.5 Å². The zero-order valence-corrected chi connectivity index (χ0v) is 14.7. The summed E-state index contributed by atoms with van der Waals surface area (Å²) < 4.78 is 27.7. The zero-order valence-electron chi connectivity index (χ0n) is 13.9. The van der Waals surface area contributed by atoms with Crippen molar-refractivity contribution in [2.45, 2.75) is 49.8 Å². The second kappa shape index (κ2) is 6.93. The number of alkyl halides is 1. The van der Waals surface area contributed by atoms with Gasteiger partial charge in [-0.2, -0.15) is 0 Å². The van der Waals surface area contributed by atoms with E-state index in [-0.39, 0.29) is 5.56 Å². The average Bonchev–Trinajstić information content (AvgIpc) is 2.52. The van der Waals surface area contributed by atoms with Gasteiger partial charge in [0.1, 0.15) is 0 Å². The first-order valence-electron chi connectivity index (χ1n) is 7.61. The number of hydrogen-bond donors (Lipinski definition) is 1. The number of aryl methyl sites for hydroxylation is 1. The van der Waals surface area contributed by atoms with Crippen molar-refractivity contribution in [1.82, 2.24) is 0 Å². The first-order valence-corrected chi connectivity index (χ1v) is 8.76. The van der Waals surface area contributed by atoms with E-state index in [1.807, 2.05) is 19.1 Å². The summed E-state index contributed by atoms with van der Waals surface area (Å²) in [6, 6.07) is 14.0. The van der Waals surface area contributed by atoms with Gasteiger partial charge in [0, 0.05) is 15.4 Å². The van der Waals surface area contributed by atoms with Crippen molar-refractivity contribution < 1.29 is 13.7 Å². The molecule has 2 aromatic rings. The Morgan fingerprint density at radius 1 is 1.04 bits per heavy atom. The molecule has 0 fully saturated rings. The summed E-state index contributed by atoms with van der Waals surface area (Å²) in [7, 11) is -1.48. The highest BCUT2D eigenvalue weighted by atomic mass is 32.2. The lowest BCUT2D eigenvalue weighted by Gasteiger charge is -2.29. The minimum Gasteiger partial charge on any atom is -0.389 e. The number of hydrogen-bond acceptors (Lipinski definition) is 2. The molecule has 0 aromatic heterocycles. The molecule has 3 atom stereocenters. The maximum atomic E-state index is 14.8. The fourth-order valence-corrected chi connectivity index (χ4v) is 3.51. The molecule has 1 unspecified atom stereocenters. The molecule has 0 amide bonds. The van der Waals surface area contributed by atoms with Gasteiger partial charge in [-0.1, -0.05) is 56.7 Å². The van der Waals surface area contributed by atoms with Crippen LogP contribution in [0.3, 0.4) is 0 Å². The van der Waals surface area contributed by atoms with Gasteiger partial charge in [0.25, 0.3) is 0 Å². The van der Waals surface area contributed by atoms with E-state index in [1.54, 1.807) is 57.2 Å². The van der Waals surface area contributed by atoms with E-state index in [0.29, 0.717) is 9.79 Å². The molecule has 0 aliphatic heterocycles. The summed E-state index contributed by atoms with van der Waals surface area (Å²) in [5, 5.41) is 10.2. The Balaban J connectivity index is 2.41. The molecule has 0 radical (unpaired) electrons. The number of aliphatic hydroxyl groups is 1. The molecule has 0 aliphatic rings. The van der Waals surface area contributed by atoms with Crippen molar-refractivity contribution in [3.63, 3.8) is 0 Å². The average molecular weight is 334 g/mol. The molecule has 124 valence electrons. The fraction of sp³-hybridized carbons (Fsp3) is 0.368. The Labute approximate surface area is 139 Å². The first kappa shape index (κ1) is 17.8. The largest absolute Gasteiger partial charge is 0.389 e. The lowest BCUT2D eigenvalue weighted by atomic mass is 9.84. The summed E-state index contributed by atoms with van der Waals surface area (Å²) in [4.78, 5) is 1.03. The van der Waals surface area contributed by atoms with Gasteiger partial charge in [0.15, 0.2) is 6.17 Å². The standard InChI is InChI=1S/C19H23FO2S/c1-13-9-11-14(12-10-13)23(22)16-8-6-5-7-15(16)17(20)18(21)19(2,3)4/h5-12,17-18,21H,1-4H3/t17-,18+,23?/m0/s1. The van der Waals surface area contributed by atoms with Crippen LogP contribution in [-0.2, 0) is 10.8 Å². The Bertz CT molecular complexity index is 689. The summed E-state index contributed by atoms with van der Waals surface area (Å²) in [6.07, 6.45) is -2.75. The molecule has 0 bridgehead atoms. The molecule has 23 heavy (non-hydrogen) atoms. The molecule has 0 spiro atoms. The van der Waals surface area contributed by atoms with Crippen molar-refractivity contribution in [3.8, 4) is 0 Å². The van der Waals surface area contributed by atoms with Crippen LogP contribution in [0.25, 0.3) is 0 Å². The Hall–Kier alpha value is -1.52. The van der Waals surface area contributed by atoms with Crippen LogP contribution in [0.5, 0.6) is 0 Å². The summed E-state index contributed by atoms with van der Waals surface area (Å²) >= 11 is 0. The predicted molar refractivity (Wildman–Crippen MR) is 91.6 cm³/mol. The molecule has 0 saturated carbocycles. The van der Waals surface area contributed by atoms with E-state index in [2.05, 4.69) is 0 Å². The highest BCUT2D eigenvalue weighted by molar-refractivity contribution is 7.85. The van der Waals surface area contributed by atoms with Crippen molar-refractivity contribution in [2.75, 3.05) is 0 Å². The highest BCUT2D eigenvalue weighted by Crippen LogP contribution is 2.36. The first-order chi connectivity index (χ1) is 10.7. The maximum Gasteiger partial charge on any atom is 0.153 e. The van der Waals surface area contributed by atoms with Crippen LogP contribution >= 0.6 is 0 Å². The van der Waals surface area contributed by atoms with Crippen LogP contribution in [-0.4, -0.2) is 15.4 Å². The molecule has 0 saturated heterocycles. The third-order valence-electron chi connectivity index (χ3n) is 3.82. The van der Waals surface area contributed by atoms with Crippen LogP contribution in [0.15, 0.2) is 58.3 Å². The van der Waals surface area contributed by atoms with Crippen LogP contribution in [0, 0.1) is 12.3 Å². The Kier molecular flexibility index (Phi) is 5.37. The second-order valence-electron chi connectivity index (χ2n) is 6.83. The molecule has 2 rings (SSSR count). The van der Waals surface area contributed by atoms with Gasteiger partial charge < -0.3 is 5.11 Å². The molecule has 2 aromatic carbocycles. The lowest BCUT2D eigenvalue weighted by Crippen LogP contribution is -2.31.